The van der Waals surface area contributed by atoms with E-state index in [2.05, 4.69) is 204 Å². The van der Waals surface area contributed by atoms with Gasteiger partial charge in [-0.05, 0) is 106 Å². The number of hydrogen-bond acceptors (Lipinski definition) is 2. The normalized spacial score (nSPS) is 11.6. The summed E-state index contributed by atoms with van der Waals surface area (Å²) in [6, 6.07) is 74.1. The number of para-hydroxylation sites is 3. The Labute approximate surface area is 318 Å². The lowest BCUT2D eigenvalue weighted by atomic mass is 9.98. The number of anilines is 3. The second-order valence-electron chi connectivity index (χ2n) is 14.2. The molecule has 0 atom stereocenters. The van der Waals surface area contributed by atoms with Crippen molar-refractivity contribution in [2.45, 2.75) is 0 Å². The fourth-order valence-corrected chi connectivity index (χ4v) is 8.42. The lowest BCUT2D eigenvalue weighted by Crippen LogP contribution is -2.10. The van der Waals surface area contributed by atoms with E-state index in [4.69, 9.17) is 4.42 Å². The number of benzene rings is 9. The van der Waals surface area contributed by atoms with E-state index >= 15 is 0 Å². The number of hydrogen-bond donors (Lipinski definition) is 0. The van der Waals surface area contributed by atoms with Crippen LogP contribution in [0.5, 0.6) is 0 Å². The summed E-state index contributed by atoms with van der Waals surface area (Å²) < 4.78 is 8.63. The zero-order valence-corrected chi connectivity index (χ0v) is 29.9. The Morgan fingerprint density at radius 3 is 1.76 bits per heavy atom. The third kappa shape index (κ3) is 5.20. The Balaban J connectivity index is 1.08. The van der Waals surface area contributed by atoms with Gasteiger partial charge in [0.15, 0.2) is 0 Å². The van der Waals surface area contributed by atoms with Crippen LogP contribution in [0.25, 0.3) is 82.5 Å². The van der Waals surface area contributed by atoms with Gasteiger partial charge in [0.2, 0.25) is 0 Å². The number of nitrogens with zero attached hydrogens (tertiary/aromatic N) is 2. The van der Waals surface area contributed by atoms with Gasteiger partial charge in [0.25, 0.3) is 0 Å². The van der Waals surface area contributed by atoms with Crippen LogP contribution in [0.15, 0.2) is 211 Å². The number of rotatable bonds is 6. The summed E-state index contributed by atoms with van der Waals surface area (Å²) in [5.74, 6) is 0. The number of furan rings is 1. The van der Waals surface area contributed by atoms with E-state index in [1.807, 2.05) is 12.1 Å². The first-order valence-electron chi connectivity index (χ1n) is 18.8. The molecule has 2 aromatic heterocycles. The summed E-state index contributed by atoms with van der Waals surface area (Å²) in [4.78, 5) is 2.37. The lowest BCUT2D eigenvalue weighted by Gasteiger charge is -2.27. The molecule has 9 aromatic carbocycles. The molecule has 0 aliphatic carbocycles. The standard InChI is InChI=1S/C52H34N2O/c1-2-13-37-32-39(27-26-35(37)12-1)38-14-9-15-41(33-38)53(40-30-28-36(29-31-40)44-21-11-25-51-52(44)47-20-5-8-24-50(47)55-51)42-16-10-17-43(34-42)54-48-22-6-3-18-45(48)46-19-4-7-23-49(46)54/h1-34H. The van der Waals surface area contributed by atoms with Crippen molar-refractivity contribution in [3.63, 3.8) is 0 Å². The first kappa shape index (κ1) is 31.2. The van der Waals surface area contributed by atoms with E-state index in [0.29, 0.717) is 0 Å². The van der Waals surface area contributed by atoms with Gasteiger partial charge in [0.1, 0.15) is 11.2 Å². The van der Waals surface area contributed by atoms with Crippen molar-refractivity contribution < 1.29 is 4.42 Å². The van der Waals surface area contributed by atoms with Gasteiger partial charge in [0.05, 0.1) is 11.0 Å². The molecule has 0 saturated heterocycles. The van der Waals surface area contributed by atoms with Gasteiger partial charge in [-0.3, -0.25) is 0 Å². The SMILES string of the molecule is c1cc(-c2ccc3ccccc3c2)cc(N(c2ccc(-c3cccc4oc5ccccc5c34)cc2)c2cccc(-n3c4ccccc4c4ccccc43)c2)c1. The minimum atomic E-state index is 0.900. The molecule has 258 valence electrons. The first-order chi connectivity index (χ1) is 27.3. The molecule has 0 aliphatic rings. The van der Waals surface area contributed by atoms with Crippen molar-refractivity contribution in [2.75, 3.05) is 4.90 Å². The molecule has 0 radical (unpaired) electrons. The second kappa shape index (κ2) is 12.6. The maximum absolute atomic E-state index is 6.25. The van der Waals surface area contributed by atoms with Gasteiger partial charge >= 0.3 is 0 Å². The van der Waals surface area contributed by atoms with E-state index in [9.17, 15) is 0 Å². The molecule has 3 heteroatoms. The van der Waals surface area contributed by atoms with Crippen LogP contribution in [0, 0.1) is 0 Å². The monoisotopic (exact) mass is 702 g/mol. The average Bonchev–Trinajstić information content (AvgIpc) is 3.80. The molecule has 0 fully saturated rings. The molecular formula is C52H34N2O. The van der Waals surface area contributed by atoms with E-state index in [0.717, 1.165) is 55.8 Å². The Kier molecular flexibility index (Phi) is 7.17. The van der Waals surface area contributed by atoms with Crippen molar-refractivity contribution in [1.29, 1.82) is 0 Å². The van der Waals surface area contributed by atoms with E-state index < -0.39 is 0 Å². The van der Waals surface area contributed by atoms with E-state index in [1.54, 1.807) is 0 Å². The van der Waals surface area contributed by atoms with Gasteiger partial charge in [-0.2, -0.15) is 0 Å². The zero-order valence-electron chi connectivity index (χ0n) is 29.9. The van der Waals surface area contributed by atoms with Crippen LogP contribution in [0.4, 0.5) is 17.1 Å². The summed E-state index contributed by atoms with van der Waals surface area (Å²) in [6.07, 6.45) is 0. The highest BCUT2D eigenvalue weighted by atomic mass is 16.3. The Bertz CT molecular complexity index is 3170. The smallest absolute Gasteiger partial charge is 0.136 e. The number of aromatic nitrogens is 1. The molecule has 0 bridgehead atoms. The maximum atomic E-state index is 6.25. The molecule has 55 heavy (non-hydrogen) atoms. The summed E-state index contributed by atoms with van der Waals surface area (Å²) in [5.41, 5.74) is 13.2. The van der Waals surface area contributed by atoms with E-state index in [1.165, 1.54) is 43.7 Å². The van der Waals surface area contributed by atoms with Crippen LogP contribution in [-0.4, -0.2) is 4.57 Å². The number of fused-ring (bicyclic) bond motifs is 7. The molecule has 11 aromatic rings. The Hall–Kier alpha value is -7.36. The first-order valence-corrected chi connectivity index (χ1v) is 18.8. The fraction of sp³-hybridized carbons (Fsp3) is 0. The molecule has 0 aliphatic heterocycles. The van der Waals surface area contributed by atoms with Gasteiger partial charge in [-0.1, -0.05) is 133 Å². The Morgan fingerprint density at radius 1 is 0.364 bits per heavy atom. The average molecular weight is 703 g/mol. The van der Waals surface area contributed by atoms with E-state index in [-0.39, 0.29) is 0 Å². The highest BCUT2D eigenvalue weighted by molar-refractivity contribution is 6.12. The van der Waals surface area contributed by atoms with Crippen LogP contribution in [0.3, 0.4) is 0 Å². The van der Waals surface area contributed by atoms with Gasteiger partial charge in [-0.15, -0.1) is 0 Å². The lowest BCUT2D eigenvalue weighted by molar-refractivity contribution is 0.669. The quantitative estimate of drug-likeness (QED) is 0.172. The summed E-state index contributed by atoms with van der Waals surface area (Å²) >= 11 is 0. The van der Waals surface area contributed by atoms with Crippen molar-refractivity contribution in [2.24, 2.45) is 0 Å². The largest absolute Gasteiger partial charge is 0.456 e. The molecule has 2 heterocycles. The van der Waals surface area contributed by atoms with Crippen LogP contribution in [-0.2, 0) is 0 Å². The van der Waals surface area contributed by atoms with Crippen molar-refractivity contribution in [3.8, 4) is 27.9 Å². The van der Waals surface area contributed by atoms with Crippen molar-refractivity contribution in [3.05, 3.63) is 206 Å². The Morgan fingerprint density at radius 2 is 0.964 bits per heavy atom. The van der Waals surface area contributed by atoms with Crippen molar-refractivity contribution >= 4 is 71.6 Å². The molecule has 3 nitrogen and oxygen atoms in total. The molecule has 11 rings (SSSR count). The third-order valence-corrected chi connectivity index (χ3v) is 11.0. The van der Waals surface area contributed by atoms with Crippen molar-refractivity contribution in [1.82, 2.24) is 4.57 Å². The molecular weight excluding hydrogens is 669 g/mol. The molecule has 0 spiro atoms. The fourth-order valence-electron chi connectivity index (χ4n) is 8.42. The van der Waals surface area contributed by atoms with Crippen LogP contribution in [0.2, 0.25) is 0 Å². The van der Waals surface area contributed by atoms with Crippen LogP contribution < -0.4 is 4.90 Å². The highest BCUT2D eigenvalue weighted by Gasteiger charge is 2.18. The zero-order chi connectivity index (χ0) is 36.3. The summed E-state index contributed by atoms with van der Waals surface area (Å²) in [6.45, 7) is 0. The second-order valence-corrected chi connectivity index (χ2v) is 14.2. The predicted octanol–water partition coefficient (Wildman–Crippen LogP) is 14.6. The summed E-state index contributed by atoms with van der Waals surface area (Å²) in [7, 11) is 0. The van der Waals surface area contributed by atoms with Crippen LogP contribution in [0.1, 0.15) is 0 Å². The minimum absolute atomic E-state index is 0.900. The highest BCUT2D eigenvalue weighted by Crippen LogP contribution is 2.42. The molecule has 0 amide bonds. The van der Waals surface area contributed by atoms with Gasteiger partial charge in [0, 0.05) is 44.3 Å². The topological polar surface area (TPSA) is 21.3 Å². The maximum Gasteiger partial charge on any atom is 0.136 e. The molecule has 0 N–H and O–H groups in total. The predicted molar refractivity (Wildman–Crippen MR) is 231 cm³/mol. The third-order valence-electron chi connectivity index (χ3n) is 11.0. The summed E-state index contributed by atoms with van der Waals surface area (Å²) in [5, 5.41) is 7.25. The van der Waals surface area contributed by atoms with Crippen LogP contribution >= 0.6 is 0 Å². The molecule has 0 saturated carbocycles. The molecule has 0 unspecified atom stereocenters. The van der Waals surface area contributed by atoms with Gasteiger partial charge < -0.3 is 13.9 Å². The minimum Gasteiger partial charge on any atom is -0.456 e. The van der Waals surface area contributed by atoms with Gasteiger partial charge in [-0.25, -0.2) is 0 Å².